The van der Waals surface area contributed by atoms with E-state index in [-0.39, 0.29) is 10.6 Å². The van der Waals surface area contributed by atoms with Crippen molar-refractivity contribution in [1.29, 1.82) is 0 Å². The largest absolute Gasteiger partial charge is 0.238 e. The summed E-state index contributed by atoms with van der Waals surface area (Å²) in [6, 6.07) is 9.21. The fourth-order valence-electron chi connectivity index (χ4n) is 1.83. The number of hydrogen-bond donors (Lipinski definition) is 0. The Labute approximate surface area is 133 Å². The molecule has 3 nitrogen and oxygen atoms in total. The maximum absolute atomic E-state index is 12.4. The van der Waals surface area contributed by atoms with Gasteiger partial charge in [-0.1, -0.05) is 35.3 Å². The van der Waals surface area contributed by atoms with Crippen LogP contribution in [0, 0.1) is 13.5 Å². The molecule has 0 N–H and O–H groups in total. The van der Waals surface area contributed by atoms with Gasteiger partial charge in [-0.05, 0) is 42.3 Å². The lowest BCUT2D eigenvalue weighted by Crippen LogP contribution is -2.05. The van der Waals surface area contributed by atoms with Gasteiger partial charge in [-0.15, -0.1) is 0 Å². The number of aryl methyl sites for hydroxylation is 1. The lowest BCUT2D eigenvalue weighted by molar-refractivity contribution is 0.595. The lowest BCUT2D eigenvalue weighted by atomic mass is 10.2. The predicted octanol–water partition coefficient (Wildman–Crippen LogP) is 4.83. The summed E-state index contributed by atoms with van der Waals surface area (Å²) in [5.41, 5.74) is 1.55. The molecule has 0 heterocycles. The van der Waals surface area contributed by atoms with Crippen molar-refractivity contribution in [2.24, 2.45) is 0 Å². The van der Waals surface area contributed by atoms with Crippen LogP contribution in [-0.4, -0.2) is 8.42 Å². The van der Waals surface area contributed by atoms with Crippen LogP contribution < -0.4 is 0 Å². The van der Waals surface area contributed by atoms with Gasteiger partial charge in [0.05, 0.1) is 17.2 Å². The van der Waals surface area contributed by atoms with Crippen LogP contribution in [0.3, 0.4) is 0 Å². The second kappa shape index (κ2) is 6.07. The molecule has 2 aromatic carbocycles. The first kappa shape index (κ1) is 15.8. The normalized spacial score (nSPS) is 11.1. The van der Waals surface area contributed by atoms with Gasteiger partial charge in [0.1, 0.15) is 0 Å². The monoisotopic (exact) mass is 339 g/mol. The molecule has 6 heteroatoms. The Morgan fingerprint density at radius 1 is 1.14 bits per heavy atom. The van der Waals surface area contributed by atoms with Crippen molar-refractivity contribution >= 4 is 38.7 Å². The molecule has 0 radical (unpaired) electrons. The van der Waals surface area contributed by atoms with Crippen molar-refractivity contribution in [2.45, 2.75) is 17.6 Å². The van der Waals surface area contributed by atoms with Gasteiger partial charge in [-0.25, -0.2) is 13.3 Å². The number of nitrogens with zero attached hydrogens (tertiary/aromatic N) is 1. The highest BCUT2D eigenvalue weighted by Gasteiger charge is 2.18. The fourth-order valence-corrected chi connectivity index (χ4v) is 3.78. The first-order valence-electron chi connectivity index (χ1n) is 5.98. The number of sulfone groups is 1. The van der Waals surface area contributed by atoms with Crippen LogP contribution in [0.25, 0.3) is 4.85 Å². The zero-order chi connectivity index (χ0) is 15.6. The third kappa shape index (κ3) is 3.56. The van der Waals surface area contributed by atoms with Crippen LogP contribution in [0.15, 0.2) is 41.3 Å². The van der Waals surface area contributed by atoms with Crippen molar-refractivity contribution in [3.05, 3.63) is 69.0 Å². The molecule has 0 saturated carbocycles. The molecule has 21 heavy (non-hydrogen) atoms. The fraction of sp³-hybridized carbons (Fsp3) is 0.133. The Morgan fingerprint density at radius 3 is 2.48 bits per heavy atom. The molecule has 0 atom stereocenters. The summed E-state index contributed by atoms with van der Waals surface area (Å²) in [6.07, 6.45) is 0. The molecule has 2 rings (SSSR count). The van der Waals surface area contributed by atoms with Gasteiger partial charge in [0, 0.05) is 10.0 Å². The average molecular weight is 340 g/mol. The zero-order valence-electron chi connectivity index (χ0n) is 11.1. The molecule has 0 aliphatic carbocycles. The van der Waals surface area contributed by atoms with E-state index in [0.29, 0.717) is 21.3 Å². The van der Waals surface area contributed by atoms with Crippen molar-refractivity contribution in [1.82, 2.24) is 0 Å². The topological polar surface area (TPSA) is 38.5 Å². The molecular formula is C15H11Cl2NO2S. The molecule has 0 aliphatic heterocycles. The number of rotatable bonds is 3. The van der Waals surface area contributed by atoms with Crippen LogP contribution in [-0.2, 0) is 15.6 Å². The summed E-state index contributed by atoms with van der Waals surface area (Å²) in [5.74, 6) is -0.233. The predicted molar refractivity (Wildman–Crippen MR) is 84.8 cm³/mol. The second-order valence-electron chi connectivity index (χ2n) is 4.55. The van der Waals surface area contributed by atoms with E-state index in [1.54, 1.807) is 25.1 Å². The molecule has 0 aliphatic rings. The quantitative estimate of drug-likeness (QED) is 0.751. The molecule has 0 saturated heterocycles. The summed E-state index contributed by atoms with van der Waals surface area (Å²) in [4.78, 5) is 3.44. The third-order valence-electron chi connectivity index (χ3n) is 3.02. The summed E-state index contributed by atoms with van der Waals surface area (Å²) in [6.45, 7) is 8.82. The average Bonchev–Trinajstić information content (AvgIpc) is 2.42. The number of halogens is 2. The van der Waals surface area contributed by atoms with Crippen LogP contribution in [0.1, 0.15) is 11.1 Å². The maximum Gasteiger partial charge on any atom is 0.191 e. The van der Waals surface area contributed by atoms with E-state index < -0.39 is 9.84 Å². The van der Waals surface area contributed by atoms with Gasteiger partial charge in [-0.3, -0.25) is 0 Å². The van der Waals surface area contributed by atoms with Gasteiger partial charge in [0.15, 0.2) is 15.5 Å². The first-order chi connectivity index (χ1) is 9.83. The van der Waals surface area contributed by atoms with E-state index in [0.717, 1.165) is 5.56 Å². The third-order valence-corrected chi connectivity index (χ3v) is 5.27. The Bertz CT molecular complexity index is 839. The summed E-state index contributed by atoms with van der Waals surface area (Å²) >= 11 is 11.8. The van der Waals surface area contributed by atoms with Crippen LogP contribution >= 0.6 is 23.2 Å². The van der Waals surface area contributed by atoms with Crippen molar-refractivity contribution in [2.75, 3.05) is 0 Å². The minimum atomic E-state index is -3.57. The second-order valence-corrected chi connectivity index (χ2v) is 7.39. The molecule has 0 amide bonds. The molecule has 2 aromatic rings. The molecular weight excluding hydrogens is 329 g/mol. The van der Waals surface area contributed by atoms with Crippen molar-refractivity contribution in [3.8, 4) is 0 Å². The van der Waals surface area contributed by atoms with Crippen LogP contribution in [0.2, 0.25) is 10.0 Å². The van der Waals surface area contributed by atoms with Gasteiger partial charge < -0.3 is 0 Å². The summed E-state index contributed by atoms with van der Waals surface area (Å²) < 4.78 is 24.8. The molecule has 0 fully saturated rings. The van der Waals surface area contributed by atoms with Crippen LogP contribution in [0.4, 0.5) is 5.69 Å². The maximum atomic E-state index is 12.4. The van der Waals surface area contributed by atoms with Crippen molar-refractivity contribution in [3.63, 3.8) is 0 Å². The Kier molecular flexibility index (Phi) is 4.58. The van der Waals surface area contributed by atoms with Crippen molar-refractivity contribution < 1.29 is 8.42 Å². The highest BCUT2D eigenvalue weighted by atomic mass is 35.5. The molecule has 108 valence electrons. The summed E-state index contributed by atoms with van der Waals surface area (Å²) in [7, 11) is -3.57. The van der Waals surface area contributed by atoms with E-state index in [1.165, 1.54) is 18.2 Å². The lowest BCUT2D eigenvalue weighted by Gasteiger charge is -2.08. The highest BCUT2D eigenvalue weighted by molar-refractivity contribution is 7.90. The number of benzene rings is 2. The van der Waals surface area contributed by atoms with E-state index in [4.69, 9.17) is 29.8 Å². The van der Waals surface area contributed by atoms with Gasteiger partial charge in [0.25, 0.3) is 0 Å². The van der Waals surface area contributed by atoms with Gasteiger partial charge in [0.2, 0.25) is 0 Å². The standard InChI is InChI=1S/C15H11Cl2NO2S/c1-10-3-6-13(8-15(10)18-2)21(19,20)9-11-4-5-12(16)7-14(11)17/h3-8H,9H2,1H3. The molecule has 0 aromatic heterocycles. The van der Waals surface area contributed by atoms with Crippen LogP contribution in [0.5, 0.6) is 0 Å². The first-order valence-corrected chi connectivity index (χ1v) is 8.39. The smallest absolute Gasteiger partial charge is 0.191 e. The SMILES string of the molecule is [C-]#[N+]c1cc(S(=O)(=O)Cc2ccc(Cl)cc2Cl)ccc1C. The number of hydrogen-bond acceptors (Lipinski definition) is 2. The van der Waals surface area contributed by atoms with E-state index in [9.17, 15) is 8.42 Å². The molecule has 0 bridgehead atoms. The minimum absolute atomic E-state index is 0.116. The minimum Gasteiger partial charge on any atom is -0.238 e. The Balaban J connectivity index is 2.41. The van der Waals surface area contributed by atoms with Gasteiger partial charge in [-0.2, -0.15) is 0 Å². The Hall–Kier alpha value is -1.54. The zero-order valence-corrected chi connectivity index (χ0v) is 13.4. The van der Waals surface area contributed by atoms with Gasteiger partial charge >= 0.3 is 0 Å². The highest BCUT2D eigenvalue weighted by Crippen LogP contribution is 2.28. The van der Waals surface area contributed by atoms with E-state index >= 15 is 0 Å². The Morgan fingerprint density at radius 2 is 1.86 bits per heavy atom. The summed E-state index contributed by atoms with van der Waals surface area (Å²) in [5, 5.41) is 0.760. The van der Waals surface area contributed by atoms with E-state index in [1.807, 2.05) is 0 Å². The molecule has 0 unspecified atom stereocenters. The van der Waals surface area contributed by atoms with E-state index in [2.05, 4.69) is 4.85 Å². The molecule has 0 spiro atoms.